The molecule has 1 fully saturated rings. The standard InChI is InChI=1S/C36H34N2O6/c39-36(44-33-17-14-26(15-18-33)25-43-38(40)41)37-20-19-34(32-12-6-11-31(22-32)28-7-2-1-3-8-28)35(23-37)42-24-27-13-16-29-9-4-5-10-30(29)21-27/h1-18,21-22,34-35,40-41H,19-20,23-25H2/t34-,35+/m1/s1. The van der Waals surface area contributed by atoms with E-state index >= 15 is 0 Å². The Bertz CT molecular complexity index is 1690. The van der Waals surface area contributed by atoms with Crippen molar-refractivity contribution in [3.05, 3.63) is 138 Å². The van der Waals surface area contributed by atoms with E-state index in [2.05, 4.69) is 71.6 Å². The van der Waals surface area contributed by atoms with Crippen LogP contribution in [0, 0.1) is 0 Å². The van der Waals surface area contributed by atoms with Gasteiger partial charge in [0.05, 0.1) is 31.3 Å². The fourth-order valence-corrected chi connectivity index (χ4v) is 5.70. The van der Waals surface area contributed by atoms with Gasteiger partial charge in [0, 0.05) is 12.5 Å². The Labute approximate surface area is 256 Å². The largest absolute Gasteiger partial charge is 0.415 e. The summed E-state index contributed by atoms with van der Waals surface area (Å²) in [5, 5.41) is 19.5. The molecule has 1 aliphatic heterocycles. The van der Waals surface area contributed by atoms with Crippen LogP contribution in [0.3, 0.4) is 0 Å². The van der Waals surface area contributed by atoms with Gasteiger partial charge in [0.15, 0.2) is 0 Å². The molecule has 5 aromatic rings. The second-order valence-electron chi connectivity index (χ2n) is 10.9. The molecule has 5 aromatic carbocycles. The summed E-state index contributed by atoms with van der Waals surface area (Å²) >= 11 is 0. The molecule has 2 N–H and O–H groups in total. The summed E-state index contributed by atoms with van der Waals surface area (Å²) < 4.78 is 12.3. The SMILES string of the molecule is O=C(Oc1ccc(CON(O)O)cc1)N1CC[C@H](c2cccc(-c3ccccc3)c2)[C@@H](OCc2ccc3ccccc3c2)C1. The molecule has 1 aliphatic rings. The van der Waals surface area contributed by atoms with Crippen molar-refractivity contribution in [1.29, 1.82) is 0 Å². The average molecular weight is 591 g/mol. The Morgan fingerprint density at radius 3 is 2.27 bits per heavy atom. The van der Waals surface area contributed by atoms with Crippen LogP contribution in [0.1, 0.15) is 29.0 Å². The second kappa shape index (κ2) is 13.8. The lowest BCUT2D eigenvalue weighted by molar-refractivity contribution is -0.497. The van der Waals surface area contributed by atoms with Crippen molar-refractivity contribution >= 4 is 16.9 Å². The monoisotopic (exact) mass is 590 g/mol. The molecule has 0 radical (unpaired) electrons. The maximum absolute atomic E-state index is 13.3. The van der Waals surface area contributed by atoms with E-state index < -0.39 is 6.09 Å². The van der Waals surface area contributed by atoms with Crippen LogP contribution in [-0.4, -0.2) is 46.0 Å². The number of amides is 1. The highest BCUT2D eigenvalue weighted by atomic mass is 17.1. The van der Waals surface area contributed by atoms with Crippen LogP contribution >= 0.6 is 0 Å². The predicted molar refractivity (Wildman–Crippen MR) is 166 cm³/mol. The molecule has 0 aromatic heterocycles. The molecule has 0 spiro atoms. The van der Waals surface area contributed by atoms with Crippen molar-refractivity contribution in [2.24, 2.45) is 0 Å². The van der Waals surface area contributed by atoms with Crippen LogP contribution in [-0.2, 0) is 22.8 Å². The zero-order valence-corrected chi connectivity index (χ0v) is 24.2. The zero-order valence-electron chi connectivity index (χ0n) is 24.2. The number of carbonyl (C=O) groups excluding carboxylic acids is 1. The summed E-state index contributed by atoms with van der Waals surface area (Å²) in [6, 6.07) is 40.2. The van der Waals surface area contributed by atoms with Crippen LogP contribution in [0.5, 0.6) is 5.75 Å². The normalized spacial score (nSPS) is 16.8. The van der Waals surface area contributed by atoms with Crippen LogP contribution in [0.15, 0.2) is 121 Å². The number of carbonyl (C=O) groups is 1. The van der Waals surface area contributed by atoms with E-state index in [9.17, 15) is 4.79 Å². The van der Waals surface area contributed by atoms with Crippen molar-refractivity contribution in [3.8, 4) is 16.9 Å². The molecule has 0 unspecified atom stereocenters. The van der Waals surface area contributed by atoms with Crippen LogP contribution in [0.4, 0.5) is 4.79 Å². The highest BCUT2D eigenvalue weighted by Crippen LogP contribution is 2.34. The Balaban J connectivity index is 1.19. The quantitative estimate of drug-likeness (QED) is 0.171. The average Bonchev–Trinajstić information content (AvgIpc) is 3.07. The smallest absolute Gasteiger partial charge is 0.410 e. The molecule has 1 heterocycles. The maximum Gasteiger partial charge on any atom is 0.415 e. The van der Waals surface area contributed by atoms with Crippen LogP contribution in [0.25, 0.3) is 21.9 Å². The first kappa shape index (κ1) is 29.5. The molecule has 44 heavy (non-hydrogen) atoms. The third kappa shape index (κ3) is 7.31. The lowest BCUT2D eigenvalue weighted by Crippen LogP contribution is -2.47. The molecule has 224 valence electrons. The summed E-state index contributed by atoms with van der Waals surface area (Å²) in [6.07, 6.45) is 0.0417. The summed E-state index contributed by atoms with van der Waals surface area (Å²) in [5.74, 6) is 0.481. The van der Waals surface area contributed by atoms with Gasteiger partial charge >= 0.3 is 6.09 Å². The number of hydrogen-bond acceptors (Lipinski definition) is 7. The number of fused-ring (bicyclic) bond motifs is 1. The molecule has 0 saturated carbocycles. The van der Waals surface area contributed by atoms with E-state index in [-0.39, 0.29) is 24.0 Å². The highest BCUT2D eigenvalue weighted by molar-refractivity contribution is 5.83. The van der Waals surface area contributed by atoms with E-state index in [0.717, 1.165) is 28.5 Å². The number of piperidine rings is 1. The summed E-state index contributed by atoms with van der Waals surface area (Å²) in [6.45, 7) is 1.30. The topological polar surface area (TPSA) is 91.7 Å². The number of ether oxygens (including phenoxy) is 2. The molecular formula is C36H34N2O6. The first-order valence-electron chi connectivity index (χ1n) is 14.6. The summed E-state index contributed by atoms with van der Waals surface area (Å²) in [4.78, 5) is 19.6. The first-order valence-corrected chi connectivity index (χ1v) is 14.6. The number of hydrogen-bond donors (Lipinski definition) is 2. The fourth-order valence-electron chi connectivity index (χ4n) is 5.70. The van der Waals surface area contributed by atoms with Crippen LogP contribution < -0.4 is 4.74 Å². The van der Waals surface area contributed by atoms with Gasteiger partial charge in [-0.25, -0.2) is 9.63 Å². The minimum atomic E-state index is -0.443. The van der Waals surface area contributed by atoms with Crippen molar-refractivity contribution in [2.75, 3.05) is 13.1 Å². The molecule has 8 nitrogen and oxygen atoms in total. The first-order chi connectivity index (χ1) is 21.5. The van der Waals surface area contributed by atoms with Crippen molar-refractivity contribution in [2.45, 2.75) is 31.7 Å². The van der Waals surface area contributed by atoms with Gasteiger partial charge in [0.25, 0.3) is 0 Å². The Morgan fingerprint density at radius 1 is 0.750 bits per heavy atom. The van der Waals surface area contributed by atoms with Crippen LogP contribution in [0.2, 0.25) is 0 Å². The van der Waals surface area contributed by atoms with Gasteiger partial charge < -0.3 is 14.4 Å². The van der Waals surface area contributed by atoms with E-state index in [1.54, 1.807) is 29.2 Å². The Kier molecular flexibility index (Phi) is 9.26. The lowest BCUT2D eigenvalue weighted by atomic mass is 9.85. The molecule has 2 atom stereocenters. The molecule has 0 bridgehead atoms. The summed E-state index contributed by atoms with van der Waals surface area (Å²) in [7, 11) is 0. The number of rotatable bonds is 9. The van der Waals surface area contributed by atoms with Crippen molar-refractivity contribution in [3.63, 3.8) is 0 Å². The van der Waals surface area contributed by atoms with Gasteiger partial charge in [-0.15, -0.1) is 0 Å². The van der Waals surface area contributed by atoms with Crippen molar-refractivity contribution < 1.29 is 29.5 Å². The molecule has 1 amide bonds. The molecule has 0 aliphatic carbocycles. The number of benzene rings is 5. The predicted octanol–water partition coefficient (Wildman–Crippen LogP) is 7.59. The van der Waals surface area contributed by atoms with Gasteiger partial charge in [-0.1, -0.05) is 103 Å². The second-order valence-corrected chi connectivity index (χ2v) is 10.9. The van der Waals surface area contributed by atoms with E-state index in [4.69, 9.17) is 19.9 Å². The fraction of sp³-hybridized carbons (Fsp3) is 0.194. The van der Waals surface area contributed by atoms with E-state index in [0.29, 0.717) is 31.0 Å². The van der Waals surface area contributed by atoms with E-state index in [1.807, 2.05) is 30.3 Å². The summed E-state index contributed by atoms with van der Waals surface area (Å²) in [5.41, 5.74) is 5.25. The van der Waals surface area contributed by atoms with Gasteiger partial charge in [-0.3, -0.25) is 10.4 Å². The highest BCUT2D eigenvalue weighted by Gasteiger charge is 2.34. The van der Waals surface area contributed by atoms with Gasteiger partial charge in [0.2, 0.25) is 0 Å². The van der Waals surface area contributed by atoms with E-state index in [1.165, 1.54) is 10.9 Å². The lowest BCUT2D eigenvalue weighted by Gasteiger charge is -2.38. The van der Waals surface area contributed by atoms with Gasteiger partial charge in [0.1, 0.15) is 5.75 Å². The van der Waals surface area contributed by atoms with Gasteiger partial charge in [-0.05, 0) is 63.2 Å². The third-order valence-electron chi connectivity index (χ3n) is 7.99. The minimum absolute atomic E-state index is 0.0452. The molecular weight excluding hydrogens is 556 g/mol. The van der Waals surface area contributed by atoms with Crippen molar-refractivity contribution in [1.82, 2.24) is 10.3 Å². The Hall–Kier alpha value is -4.57. The third-order valence-corrected chi connectivity index (χ3v) is 7.99. The zero-order chi connectivity index (χ0) is 30.3. The Morgan fingerprint density at radius 2 is 1.48 bits per heavy atom. The number of nitrogens with zero attached hydrogens (tertiary/aromatic N) is 2. The maximum atomic E-state index is 13.3. The molecule has 6 rings (SSSR count). The number of likely N-dealkylation sites (tertiary alicyclic amines) is 1. The molecule has 8 heteroatoms. The van der Waals surface area contributed by atoms with Gasteiger partial charge in [-0.2, -0.15) is 0 Å². The molecule has 1 saturated heterocycles. The minimum Gasteiger partial charge on any atom is -0.410 e.